The van der Waals surface area contributed by atoms with Gasteiger partial charge in [0.2, 0.25) is 0 Å². The van der Waals surface area contributed by atoms with E-state index in [1.807, 2.05) is 0 Å². The SMILES string of the molecule is C/C(=C\C(=NC(C)C)c1cc(C(F)(F)F)ccc1C)C(F)(F)F. The molecule has 0 spiro atoms. The molecule has 0 heterocycles. The van der Waals surface area contributed by atoms with E-state index in [9.17, 15) is 26.3 Å². The minimum atomic E-state index is -4.58. The maximum absolute atomic E-state index is 12.8. The number of halogens is 6. The topological polar surface area (TPSA) is 12.4 Å². The molecule has 0 bridgehead atoms. The third-order valence-corrected chi connectivity index (χ3v) is 3.04. The Morgan fingerprint density at radius 3 is 2.09 bits per heavy atom. The van der Waals surface area contributed by atoms with Crippen molar-refractivity contribution in [3.05, 3.63) is 46.5 Å². The van der Waals surface area contributed by atoms with Gasteiger partial charge in [0.15, 0.2) is 0 Å². The van der Waals surface area contributed by atoms with Crippen molar-refractivity contribution in [2.75, 3.05) is 0 Å². The summed E-state index contributed by atoms with van der Waals surface area (Å²) in [6, 6.07) is 2.59. The second-order valence-corrected chi connectivity index (χ2v) is 5.46. The van der Waals surface area contributed by atoms with Crippen molar-refractivity contribution in [1.29, 1.82) is 0 Å². The molecule has 1 aromatic carbocycles. The van der Waals surface area contributed by atoms with E-state index in [0.717, 1.165) is 25.1 Å². The maximum atomic E-state index is 12.8. The summed E-state index contributed by atoms with van der Waals surface area (Å²) in [5.74, 6) is 0. The minimum Gasteiger partial charge on any atom is -0.282 e. The molecule has 0 saturated heterocycles. The predicted octanol–water partition coefficient (Wildman–Crippen LogP) is 5.72. The lowest BCUT2D eigenvalue weighted by molar-refractivity contribution is -0.137. The van der Waals surface area contributed by atoms with Gasteiger partial charge in [-0.1, -0.05) is 6.07 Å². The van der Waals surface area contributed by atoms with E-state index in [1.165, 1.54) is 13.0 Å². The van der Waals surface area contributed by atoms with Crippen LogP contribution in [0.25, 0.3) is 0 Å². The Labute approximate surface area is 130 Å². The first kappa shape index (κ1) is 19.3. The van der Waals surface area contributed by atoms with Crippen molar-refractivity contribution in [2.45, 2.75) is 46.1 Å². The highest BCUT2D eigenvalue weighted by atomic mass is 19.4. The van der Waals surface area contributed by atoms with Gasteiger partial charge in [-0.05, 0) is 51.5 Å². The number of rotatable bonds is 3. The largest absolute Gasteiger partial charge is 0.416 e. The molecule has 0 aliphatic rings. The van der Waals surface area contributed by atoms with Gasteiger partial charge in [0, 0.05) is 17.2 Å². The molecule has 0 fully saturated rings. The minimum absolute atomic E-state index is 0.0390. The molecule has 0 aliphatic carbocycles. The molecule has 7 heteroatoms. The van der Waals surface area contributed by atoms with Gasteiger partial charge in [0.25, 0.3) is 0 Å². The Balaban J connectivity index is 3.52. The molecule has 0 amide bonds. The smallest absolute Gasteiger partial charge is 0.282 e. The van der Waals surface area contributed by atoms with Crippen molar-refractivity contribution in [2.24, 2.45) is 4.99 Å². The third-order valence-electron chi connectivity index (χ3n) is 3.04. The fourth-order valence-corrected chi connectivity index (χ4v) is 1.82. The Bertz CT molecular complexity index is 620. The number of aliphatic imine (C=N–C) groups is 1. The number of alkyl halides is 6. The lowest BCUT2D eigenvalue weighted by atomic mass is 9.98. The van der Waals surface area contributed by atoms with Crippen LogP contribution in [0, 0.1) is 6.92 Å². The van der Waals surface area contributed by atoms with Gasteiger partial charge < -0.3 is 0 Å². The molecule has 0 radical (unpaired) electrons. The van der Waals surface area contributed by atoms with Crippen LogP contribution in [-0.4, -0.2) is 17.9 Å². The Kier molecular flexibility index (Phi) is 5.66. The van der Waals surface area contributed by atoms with E-state index in [0.29, 0.717) is 5.56 Å². The lowest BCUT2D eigenvalue weighted by Gasteiger charge is -2.14. The molecule has 23 heavy (non-hydrogen) atoms. The Hall–Kier alpha value is -1.79. The molecule has 0 saturated carbocycles. The molecule has 1 aromatic rings. The number of hydrogen-bond donors (Lipinski definition) is 0. The van der Waals surface area contributed by atoms with Gasteiger partial charge in [0.05, 0.1) is 11.3 Å². The normalized spacial score (nSPS) is 14.6. The molecule has 0 aromatic heterocycles. The zero-order valence-corrected chi connectivity index (χ0v) is 13.1. The fraction of sp³-hybridized carbons (Fsp3) is 0.438. The number of aryl methyl sites for hydroxylation is 1. The summed E-state index contributed by atoms with van der Waals surface area (Å²) < 4.78 is 76.7. The predicted molar refractivity (Wildman–Crippen MR) is 77.7 cm³/mol. The van der Waals surface area contributed by atoms with E-state index in [2.05, 4.69) is 4.99 Å². The Morgan fingerprint density at radius 2 is 1.65 bits per heavy atom. The lowest BCUT2D eigenvalue weighted by Crippen LogP contribution is -2.14. The van der Waals surface area contributed by atoms with Crippen molar-refractivity contribution in [1.82, 2.24) is 0 Å². The van der Waals surface area contributed by atoms with Crippen molar-refractivity contribution in [3.63, 3.8) is 0 Å². The zero-order valence-electron chi connectivity index (χ0n) is 13.1. The van der Waals surface area contributed by atoms with Crippen molar-refractivity contribution >= 4 is 5.71 Å². The number of nitrogens with zero attached hydrogens (tertiary/aromatic N) is 1. The third kappa shape index (κ3) is 5.41. The molecule has 128 valence electrons. The van der Waals surface area contributed by atoms with Crippen LogP contribution in [0.5, 0.6) is 0 Å². The molecular formula is C16H17F6N. The highest BCUT2D eigenvalue weighted by Gasteiger charge is 2.32. The van der Waals surface area contributed by atoms with Crippen LogP contribution in [0.15, 0.2) is 34.8 Å². The van der Waals surface area contributed by atoms with E-state index in [1.54, 1.807) is 13.8 Å². The van der Waals surface area contributed by atoms with Gasteiger partial charge in [-0.2, -0.15) is 26.3 Å². The maximum Gasteiger partial charge on any atom is 0.416 e. The summed E-state index contributed by atoms with van der Waals surface area (Å²) in [6.07, 6.45) is -8.36. The summed E-state index contributed by atoms with van der Waals surface area (Å²) in [5.41, 5.74) is -1.50. The molecule has 0 unspecified atom stereocenters. The van der Waals surface area contributed by atoms with E-state index >= 15 is 0 Å². The van der Waals surface area contributed by atoms with Crippen molar-refractivity contribution in [3.8, 4) is 0 Å². The number of benzene rings is 1. The van der Waals surface area contributed by atoms with Gasteiger partial charge >= 0.3 is 12.4 Å². The molecule has 1 nitrogen and oxygen atoms in total. The second kappa shape index (κ2) is 6.76. The summed E-state index contributed by atoms with van der Waals surface area (Å²) in [5, 5.41) is 0. The van der Waals surface area contributed by atoms with Crippen LogP contribution in [0.3, 0.4) is 0 Å². The summed E-state index contributed by atoms with van der Waals surface area (Å²) >= 11 is 0. The molecule has 0 N–H and O–H groups in total. The standard InChI is InChI=1S/C16H17F6N/c1-9(2)23-14(7-11(4)15(17,18)19)13-8-12(16(20,21)22)6-5-10(13)3/h5-9H,1-4H3/b11-7+,23-14?. The van der Waals surface area contributed by atoms with Gasteiger partial charge in [0.1, 0.15) is 0 Å². The first-order valence-corrected chi connectivity index (χ1v) is 6.84. The average Bonchev–Trinajstić information content (AvgIpc) is 2.35. The Morgan fingerprint density at radius 1 is 1.09 bits per heavy atom. The molecule has 1 rings (SSSR count). The quantitative estimate of drug-likeness (QED) is 0.494. The van der Waals surface area contributed by atoms with Crippen LogP contribution < -0.4 is 0 Å². The first-order chi connectivity index (χ1) is 10.3. The molecular weight excluding hydrogens is 320 g/mol. The monoisotopic (exact) mass is 337 g/mol. The summed E-state index contributed by atoms with van der Waals surface area (Å²) in [6.45, 7) is 5.67. The first-order valence-electron chi connectivity index (χ1n) is 6.84. The zero-order chi connectivity index (χ0) is 18.0. The van der Waals surface area contributed by atoms with Crippen LogP contribution >= 0.6 is 0 Å². The van der Waals surface area contributed by atoms with E-state index < -0.39 is 23.5 Å². The van der Waals surface area contributed by atoms with Crippen LogP contribution in [0.2, 0.25) is 0 Å². The van der Waals surface area contributed by atoms with Gasteiger partial charge in [-0.25, -0.2) is 0 Å². The van der Waals surface area contributed by atoms with Crippen LogP contribution in [0.4, 0.5) is 26.3 Å². The number of allylic oxidation sites excluding steroid dienone is 2. The second-order valence-electron chi connectivity index (χ2n) is 5.46. The highest BCUT2D eigenvalue weighted by Crippen LogP contribution is 2.31. The van der Waals surface area contributed by atoms with E-state index in [-0.39, 0.29) is 17.3 Å². The summed E-state index contributed by atoms with van der Waals surface area (Å²) in [7, 11) is 0. The summed E-state index contributed by atoms with van der Waals surface area (Å²) in [4.78, 5) is 4.06. The molecule has 0 aliphatic heterocycles. The average molecular weight is 337 g/mol. The number of hydrogen-bond acceptors (Lipinski definition) is 1. The van der Waals surface area contributed by atoms with Crippen LogP contribution in [-0.2, 0) is 6.18 Å². The highest BCUT2D eigenvalue weighted by molar-refractivity contribution is 6.10. The van der Waals surface area contributed by atoms with E-state index in [4.69, 9.17) is 0 Å². The van der Waals surface area contributed by atoms with Gasteiger partial charge in [-0.3, -0.25) is 4.99 Å². The fourth-order valence-electron chi connectivity index (χ4n) is 1.82. The van der Waals surface area contributed by atoms with Crippen LogP contribution in [0.1, 0.15) is 37.5 Å². The van der Waals surface area contributed by atoms with Gasteiger partial charge in [-0.15, -0.1) is 0 Å². The van der Waals surface area contributed by atoms with Crippen molar-refractivity contribution < 1.29 is 26.3 Å². The molecule has 0 atom stereocenters.